The van der Waals surface area contributed by atoms with Gasteiger partial charge in [-0.1, -0.05) is 30.0 Å². The van der Waals surface area contributed by atoms with Crippen molar-refractivity contribution < 1.29 is 14.2 Å². The maximum absolute atomic E-state index is 5.84. The summed E-state index contributed by atoms with van der Waals surface area (Å²) in [6.07, 6.45) is 0.907. The molecule has 4 rings (SSSR count). The van der Waals surface area contributed by atoms with Crippen molar-refractivity contribution in [1.82, 2.24) is 14.8 Å². The fraction of sp³-hybridized carbons (Fsp3) is 0.391. The Hall–Kier alpha value is -2.71. The first-order valence-corrected chi connectivity index (χ1v) is 11.5. The van der Waals surface area contributed by atoms with Gasteiger partial charge in [-0.15, -0.1) is 10.2 Å². The fourth-order valence-electron chi connectivity index (χ4n) is 3.43. The number of methoxy groups -OCH3 is 1. The molecule has 31 heavy (non-hydrogen) atoms. The Bertz CT molecular complexity index is 971. The molecule has 164 valence electrons. The normalized spacial score (nSPS) is 13.9. The van der Waals surface area contributed by atoms with Crippen molar-refractivity contribution in [1.29, 1.82) is 0 Å². The van der Waals surface area contributed by atoms with Crippen LogP contribution in [0.2, 0.25) is 0 Å². The number of para-hydroxylation sites is 1. The summed E-state index contributed by atoms with van der Waals surface area (Å²) in [6, 6.07) is 16.0. The zero-order valence-corrected chi connectivity index (χ0v) is 18.8. The minimum atomic E-state index is 0.647. The Morgan fingerprint density at radius 1 is 1.00 bits per heavy atom. The molecule has 0 saturated carbocycles. The molecule has 1 aromatic heterocycles. The number of rotatable bonds is 9. The van der Waals surface area contributed by atoms with Gasteiger partial charge in [0.25, 0.3) is 0 Å². The Kier molecular flexibility index (Phi) is 7.32. The van der Waals surface area contributed by atoms with E-state index in [1.807, 2.05) is 24.3 Å². The highest BCUT2D eigenvalue weighted by Gasteiger charge is 2.22. The number of nitrogens with zero attached hydrogens (tertiary/aromatic N) is 4. The van der Waals surface area contributed by atoms with E-state index < -0.39 is 0 Å². The summed E-state index contributed by atoms with van der Waals surface area (Å²) in [5, 5.41) is 9.96. The van der Waals surface area contributed by atoms with Gasteiger partial charge >= 0.3 is 0 Å². The standard InChI is InChI=1S/C23H28N4O3S/c1-18-6-3-4-7-21(18)27-22(26-12-15-29-16-13-26)24-25-23(27)31-17-5-14-30-20-10-8-19(28-2)9-11-20/h3-4,6-11H,5,12-17H2,1-2H3. The molecule has 2 aromatic carbocycles. The maximum Gasteiger partial charge on any atom is 0.232 e. The molecular weight excluding hydrogens is 412 g/mol. The second kappa shape index (κ2) is 10.5. The largest absolute Gasteiger partial charge is 0.497 e. The lowest BCUT2D eigenvalue weighted by Gasteiger charge is -2.28. The van der Waals surface area contributed by atoms with Crippen LogP contribution in [0.3, 0.4) is 0 Å². The predicted octanol–water partition coefficient (Wildman–Crippen LogP) is 3.98. The third kappa shape index (κ3) is 5.32. The highest BCUT2D eigenvalue weighted by Crippen LogP contribution is 2.29. The van der Waals surface area contributed by atoms with E-state index in [9.17, 15) is 0 Å². The molecule has 0 spiro atoms. The number of hydrogen-bond acceptors (Lipinski definition) is 7. The number of morpholine rings is 1. The molecule has 1 aliphatic heterocycles. The Balaban J connectivity index is 1.41. The van der Waals surface area contributed by atoms with Gasteiger partial charge in [-0.05, 0) is 49.2 Å². The first kappa shape index (κ1) is 21.5. The van der Waals surface area contributed by atoms with E-state index in [-0.39, 0.29) is 0 Å². The second-order valence-electron chi connectivity index (χ2n) is 7.23. The predicted molar refractivity (Wildman–Crippen MR) is 123 cm³/mol. The fourth-order valence-corrected chi connectivity index (χ4v) is 4.29. The molecule has 0 amide bonds. The van der Waals surface area contributed by atoms with Crippen LogP contribution in [0.25, 0.3) is 5.69 Å². The van der Waals surface area contributed by atoms with E-state index in [1.165, 1.54) is 5.56 Å². The van der Waals surface area contributed by atoms with Gasteiger partial charge in [0.15, 0.2) is 5.16 Å². The first-order valence-electron chi connectivity index (χ1n) is 10.5. The lowest BCUT2D eigenvalue weighted by molar-refractivity contribution is 0.122. The van der Waals surface area contributed by atoms with Crippen molar-refractivity contribution in [3.8, 4) is 17.2 Å². The van der Waals surface area contributed by atoms with Crippen molar-refractivity contribution in [2.75, 3.05) is 50.7 Å². The molecule has 1 saturated heterocycles. The number of benzene rings is 2. The van der Waals surface area contributed by atoms with Gasteiger partial charge in [0, 0.05) is 18.8 Å². The maximum atomic E-state index is 5.84. The van der Waals surface area contributed by atoms with Gasteiger partial charge < -0.3 is 19.1 Å². The Morgan fingerprint density at radius 3 is 2.48 bits per heavy atom. The summed E-state index contributed by atoms with van der Waals surface area (Å²) < 4.78 is 18.7. The van der Waals surface area contributed by atoms with Crippen molar-refractivity contribution >= 4 is 17.7 Å². The number of hydrogen-bond donors (Lipinski definition) is 0. The molecule has 1 aliphatic rings. The average molecular weight is 441 g/mol. The molecular formula is C23H28N4O3S. The van der Waals surface area contributed by atoms with Crippen molar-refractivity contribution in [3.05, 3.63) is 54.1 Å². The molecule has 0 unspecified atom stereocenters. The average Bonchev–Trinajstić information content (AvgIpc) is 3.24. The second-order valence-corrected chi connectivity index (χ2v) is 8.29. The molecule has 0 aliphatic carbocycles. The van der Waals surface area contributed by atoms with Crippen LogP contribution in [0, 0.1) is 6.92 Å². The summed E-state index contributed by atoms with van der Waals surface area (Å²) in [6.45, 7) is 5.84. The molecule has 8 heteroatoms. The highest BCUT2D eigenvalue weighted by atomic mass is 32.2. The van der Waals surface area contributed by atoms with Crippen LogP contribution in [0.15, 0.2) is 53.7 Å². The summed E-state index contributed by atoms with van der Waals surface area (Å²) in [4.78, 5) is 2.25. The third-order valence-electron chi connectivity index (χ3n) is 5.11. The van der Waals surface area contributed by atoms with Gasteiger partial charge in [0.05, 0.1) is 32.6 Å². The lowest BCUT2D eigenvalue weighted by atomic mass is 10.2. The number of aryl methyl sites for hydroxylation is 1. The van der Waals surface area contributed by atoms with Crippen LogP contribution in [0.1, 0.15) is 12.0 Å². The number of anilines is 1. The molecule has 0 atom stereocenters. The highest BCUT2D eigenvalue weighted by molar-refractivity contribution is 7.99. The van der Waals surface area contributed by atoms with Crippen LogP contribution >= 0.6 is 11.8 Å². The Morgan fingerprint density at radius 2 is 1.74 bits per heavy atom. The zero-order valence-electron chi connectivity index (χ0n) is 18.0. The monoisotopic (exact) mass is 440 g/mol. The van der Waals surface area contributed by atoms with Crippen LogP contribution in [-0.2, 0) is 4.74 Å². The van der Waals surface area contributed by atoms with E-state index in [1.54, 1.807) is 18.9 Å². The summed E-state index contributed by atoms with van der Waals surface area (Å²) in [5.41, 5.74) is 2.31. The summed E-state index contributed by atoms with van der Waals surface area (Å²) in [7, 11) is 1.66. The molecule has 3 aromatic rings. The molecule has 0 radical (unpaired) electrons. The SMILES string of the molecule is COc1ccc(OCCCSc2nnc(N3CCOCC3)n2-c2ccccc2C)cc1. The van der Waals surface area contributed by atoms with Crippen molar-refractivity contribution in [2.45, 2.75) is 18.5 Å². The molecule has 0 bridgehead atoms. The van der Waals surface area contributed by atoms with Crippen LogP contribution in [0.4, 0.5) is 5.95 Å². The van der Waals surface area contributed by atoms with Crippen LogP contribution in [0.5, 0.6) is 11.5 Å². The quantitative estimate of drug-likeness (QED) is 0.368. The Labute approximate surface area is 187 Å². The third-order valence-corrected chi connectivity index (χ3v) is 6.13. The zero-order chi connectivity index (χ0) is 21.5. The van der Waals surface area contributed by atoms with Crippen molar-refractivity contribution in [3.63, 3.8) is 0 Å². The molecule has 0 N–H and O–H groups in total. The van der Waals surface area contributed by atoms with E-state index in [4.69, 9.17) is 14.2 Å². The molecule has 7 nitrogen and oxygen atoms in total. The first-order chi connectivity index (χ1) is 15.3. The smallest absolute Gasteiger partial charge is 0.232 e. The topological polar surface area (TPSA) is 61.6 Å². The number of thioether (sulfide) groups is 1. The van der Waals surface area contributed by atoms with Crippen LogP contribution in [-0.4, -0.2) is 60.5 Å². The van der Waals surface area contributed by atoms with E-state index >= 15 is 0 Å². The van der Waals surface area contributed by atoms with Gasteiger partial charge in [-0.3, -0.25) is 4.57 Å². The van der Waals surface area contributed by atoms with Gasteiger partial charge in [-0.25, -0.2) is 0 Å². The molecule has 2 heterocycles. The molecule has 1 fully saturated rings. The van der Waals surface area contributed by atoms with E-state index in [0.29, 0.717) is 19.8 Å². The summed E-state index contributed by atoms with van der Waals surface area (Å²) in [5.74, 6) is 3.45. The minimum Gasteiger partial charge on any atom is -0.497 e. The number of aromatic nitrogens is 3. The lowest BCUT2D eigenvalue weighted by Crippen LogP contribution is -2.38. The van der Waals surface area contributed by atoms with Crippen LogP contribution < -0.4 is 14.4 Å². The summed E-state index contributed by atoms with van der Waals surface area (Å²) >= 11 is 1.71. The van der Waals surface area contributed by atoms with Gasteiger partial charge in [0.1, 0.15) is 11.5 Å². The number of ether oxygens (including phenoxy) is 3. The minimum absolute atomic E-state index is 0.647. The van der Waals surface area contributed by atoms with E-state index in [2.05, 4.69) is 50.9 Å². The van der Waals surface area contributed by atoms with Crippen molar-refractivity contribution in [2.24, 2.45) is 0 Å². The van der Waals surface area contributed by atoms with Gasteiger partial charge in [-0.2, -0.15) is 0 Å². The van der Waals surface area contributed by atoms with Gasteiger partial charge in [0.2, 0.25) is 5.95 Å². The van der Waals surface area contributed by atoms with E-state index in [0.717, 1.165) is 53.6 Å².